The highest BCUT2D eigenvalue weighted by molar-refractivity contribution is 6.62. The summed E-state index contributed by atoms with van der Waals surface area (Å²) in [6, 6.07) is 8.00. The van der Waals surface area contributed by atoms with Gasteiger partial charge in [0.25, 0.3) is 0 Å². The van der Waals surface area contributed by atoms with Crippen LogP contribution in [0.4, 0.5) is 0 Å². The zero-order valence-electron chi connectivity index (χ0n) is 11.5. The van der Waals surface area contributed by atoms with E-state index < -0.39 is 5.60 Å². The van der Waals surface area contributed by atoms with Gasteiger partial charge in [0.1, 0.15) is 5.60 Å². The number of hydrogen-bond acceptors (Lipinski definition) is 3. The molecule has 96 valence electrons. The van der Waals surface area contributed by atoms with Crippen LogP contribution in [-0.4, -0.2) is 12.7 Å². The third kappa shape index (κ3) is 2.45. The highest BCUT2D eigenvalue weighted by Crippen LogP contribution is 2.29. The largest absolute Gasteiger partial charge is 0.563 e. The Morgan fingerprint density at radius 3 is 2.17 bits per heavy atom. The summed E-state index contributed by atoms with van der Waals surface area (Å²) in [6.07, 6.45) is 0. The first-order valence-electron chi connectivity index (χ1n) is 6.13. The predicted molar refractivity (Wildman–Crippen MR) is 74.4 cm³/mol. The van der Waals surface area contributed by atoms with Crippen LogP contribution in [0.3, 0.4) is 0 Å². The van der Waals surface area contributed by atoms with Crippen LogP contribution in [0.25, 0.3) is 0 Å². The summed E-state index contributed by atoms with van der Waals surface area (Å²) in [5.41, 5.74) is 7.35. The Kier molecular flexibility index (Phi) is 3.03. The molecular weight excluding hydrogens is 225 g/mol. The van der Waals surface area contributed by atoms with Crippen molar-refractivity contribution in [1.29, 1.82) is 0 Å². The molecule has 1 saturated heterocycles. The highest BCUT2D eigenvalue weighted by Gasteiger charge is 2.42. The summed E-state index contributed by atoms with van der Waals surface area (Å²) >= 11 is 0. The van der Waals surface area contributed by atoms with Crippen molar-refractivity contribution >= 4 is 12.6 Å². The lowest BCUT2D eigenvalue weighted by Gasteiger charge is -2.19. The monoisotopic (exact) mass is 245 g/mol. The molecule has 0 unspecified atom stereocenters. The second-order valence-electron chi connectivity index (χ2n) is 5.84. The molecule has 18 heavy (non-hydrogen) atoms. The minimum atomic E-state index is -0.434. The fourth-order valence-electron chi connectivity index (χ4n) is 1.83. The van der Waals surface area contributed by atoms with Gasteiger partial charge < -0.3 is 15.0 Å². The Hall–Kier alpha value is -1.26. The number of rotatable bonds is 2. The van der Waals surface area contributed by atoms with E-state index >= 15 is 0 Å². The van der Waals surface area contributed by atoms with E-state index in [9.17, 15) is 0 Å². The highest BCUT2D eigenvalue weighted by atomic mass is 16.7. The van der Waals surface area contributed by atoms with E-state index in [0.29, 0.717) is 5.76 Å². The molecule has 2 N–H and O–H groups in total. The molecule has 2 rings (SSSR count). The summed E-state index contributed by atoms with van der Waals surface area (Å²) in [4.78, 5) is 0. The lowest BCUT2D eigenvalue weighted by Crippen LogP contribution is -2.35. The fraction of sp³-hybridized carbons (Fsp3) is 0.429. The van der Waals surface area contributed by atoms with E-state index in [-0.39, 0.29) is 12.7 Å². The molecule has 0 aliphatic carbocycles. The van der Waals surface area contributed by atoms with Crippen molar-refractivity contribution in [3.05, 3.63) is 42.2 Å². The molecule has 1 aromatic rings. The van der Waals surface area contributed by atoms with Crippen molar-refractivity contribution in [3.8, 4) is 0 Å². The van der Waals surface area contributed by atoms with E-state index in [2.05, 4.69) is 6.58 Å². The lowest BCUT2D eigenvalue weighted by atomic mass is 9.78. The molecule has 0 radical (unpaired) electrons. The predicted octanol–water partition coefficient (Wildman–Crippen LogP) is 1.91. The van der Waals surface area contributed by atoms with Crippen LogP contribution in [-0.2, 0) is 14.8 Å². The van der Waals surface area contributed by atoms with Gasteiger partial charge in [0.05, 0.1) is 5.76 Å². The van der Waals surface area contributed by atoms with Gasteiger partial charge in [-0.1, -0.05) is 30.8 Å². The molecule has 0 saturated carbocycles. The van der Waals surface area contributed by atoms with Crippen LogP contribution in [0, 0.1) is 0 Å². The normalized spacial score (nSPS) is 18.9. The molecule has 0 amide bonds. The number of nitrogens with two attached hydrogens (primary N) is 1. The van der Waals surface area contributed by atoms with Crippen LogP contribution < -0.4 is 11.2 Å². The molecule has 0 atom stereocenters. The van der Waals surface area contributed by atoms with Gasteiger partial charge >= 0.3 is 7.12 Å². The standard InChI is InChI=1S/C14H20BNO2/c1-10-14(4,5)18-15(17-10)12-8-6-11(7-9-12)13(2,3)16/h6-9H,1,16H2,2-5H3. The molecule has 4 heteroatoms. The number of hydrogen-bond donors (Lipinski definition) is 1. The molecule has 1 aromatic carbocycles. The second kappa shape index (κ2) is 4.14. The SMILES string of the molecule is C=C1OB(c2ccc(C(C)(C)N)cc2)OC1(C)C. The molecule has 0 spiro atoms. The minimum Gasteiger partial charge on any atom is -0.534 e. The van der Waals surface area contributed by atoms with Crippen molar-refractivity contribution in [2.75, 3.05) is 0 Å². The van der Waals surface area contributed by atoms with Gasteiger partial charge in [0, 0.05) is 5.54 Å². The van der Waals surface area contributed by atoms with Crippen molar-refractivity contribution in [1.82, 2.24) is 0 Å². The van der Waals surface area contributed by atoms with E-state index in [0.717, 1.165) is 11.0 Å². The first kappa shape index (κ1) is 13.2. The Balaban J connectivity index is 2.20. The summed E-state index contributed by atoms with van der Waals surface area (Å²) in [6.45, 7) is 11.7. The average Bonchev–Trinajstić information content (AvgIpc) is 2.53. The van der Waals surface area contributed by atoms with Gasteiger partial charge in [-0.3, -0.25) is 0 Å². The zero-order valence-corrected chi connectivity index (χ0v) is 11.5. The maximum Gasteiger partial charge on any atom is 0.563 e. The summed E-state index contributed by atoms with van der Waals surface area (Å²) in [7, 11) is -0.373. The molecule has 0 aromatic heterocycles. The van der Waals surface area contributed by atoms with Gasteiger partial charge in [0.2, 0.25) is 0 Å². The Morgan fingerprint density at radius 2 is 1.78 bits per heavy atom. The van der Waals surface area contributed by atoms with Crippen molar-refractivity contribution in [2.45, 2.75) is 38.8 Å². The average molecular weight is 245 g/mol. The van der Waals surface area contributed by atoms with Crippen LogP contribution in [0.1, 0.15) is 33.3 Å². The topological polar surface area (TPSA) is 44.5 Å². The van der Waals surface area contributed by atoms with Crippen LogP contribution in [0.15, 0.2) is 36.6 Å². The van der Waals surface area contributed by atoms with Gasteiger partial charge in [-0.25, -0.2) is 0 Å². The third-order valence-corrected chi connectivity index (χ3v) is 3.25. The van der Waals surface area contributed by atoms with Crippen molar-refractivity contribution in [2.24, 2.45) is 5.73 Å². The molecule has 1 heterocycles. The van der Waals surface area contributed by atoms with E-state index in [4.69, 9.17) is 15.0 Å². The third-order valence-electron chi connectivity index (χ3n) is 3.25. The van der Waals surface area contributed by atoms with E-state index in [1.54, 1.807) is 0 Å². The van der Waals surface area contributed by atoms with E-state index in [1.165, 1.54) is 0 Å². The lowest BCUT2D eigenvalue weighted by molar-refractivity contribution is 0.173. The minimum absolute atomic E-state index is 0.335. The zero-order chi connectivity index (χ0) is 13.6. The molecular formula is C14H20BNO2. The Labute approximate surface area is 109 Å². The first-order valence-corrected chi connectivity index (χ1v) is 6.13. The fourth-order valence-corrected chi connectivity index (χ4v) is 1.83. The molecule has 1 aliphatic rings. The van der Waals surface area contributed by atoms with Gasteiger partial charge in [-0.2, -0.15) is 0 Å². The molecule has 1 aliphatic heterocycles. The van der Waals surface area contributed by atoms with Crippen LogP contribution in [0.2, 0.25) is 0 Å². The molecule has 0 bridgehead atoms. The van der Waals surface area contributed by atoms with Gasteiger partial charge in [-0.15, -0.1) is 0 Å². The summed E-state index contributed by atoms with van der Waals surface area (Å²) in [5.74, 6) is 0.663. The Morgan fingerprint density at radius 1 is 1.22 bits per heavy atom. The second-order valence-corrected chi connectivity index (χ2v) is 5.84. The Bertz CT molecular complexity index is 460. The summed E-state index contributed by atoms with van der Waals surface area (Å²) in [5, 5.41) is 0. The number of benzene rings is 1. The van der Waals surface area contributed by atoms with Gasteiger partial charge in [0.15, 0.2) is 0 Å². The van der Waals surface area contributed by atoms with Gasteiger partial charge in [-0.05, 0) is 38.7 Å². The first-order chi connectivity index (χ1) is 8.20. The maximum atomic E-state index is 6.05. The van der Waals surface area contributed by atoms with Crippen molar-refractivity contribution < 1.29 is 9.31 Å². The van der Waals surface area contributed by atoms with Crippen molar-refractivity contribution in [3.63, 3.8) is 0 Å². The molecule has 1 fully saturated rings. The smallest absolute Gasteiger partial charge is 0.534 e. The summed E-state index contributed by atoms with van der Waals surface area (Å²) < 4.78 is 11.5. The molecule has 3 nitrogen and oxygen atoms in total. The quantitative estimate of drug-likeness (QED) is 0.809. The van der Waals surface area contributed by atoms with Crippen LogP contribution in [0.5, 0.6) is 0 Å². The van der Waals surface area contributed by atoms with Crippen LogP contribution >= 0.6 is 0 Å². The maximum absolute atomic E-state index is 6.05. The van der Waals surface area contributed by atoms with E-state index in [1.807, 2.05) is 52.0 Å².